The van der Waals surface area contributed by atoms with E-state index < -0.39 is 27.7 Å². The Bertz CT molecular complexity index is 349. The van der Waals surface area contributed by atoms with E-state index in [1.807, 2.05) is 0 Å². The third kappa shape index (κ3) is 4.90. The average molecular weight is 278 g/mol. The lowest BCUT2D eigenvalue weighted by Gasteiger charge is -2.16. The van der Waals surface area contributed by atoms with E-state index in [9.17, 15) is 26.4 Å². The van der Waals surface area contributed by atoms with Crippen LogP contribution in [-0.4, -0.2) is 32.6 Å². The van der Waals surface area contributed by atoms with Gasteiger partial charge >= 0.3 is 21.6 Å². The number of alkyl halides is 3. The van der Waals surface area contributed by atoms with Gasteiger partial charge in [0, 0.05) is 0 Å². The second kappa shape index (κ2) is 6.20. The first-order chi connectivity index (χ1) is 7.65. The van der Waals surface area contributed by atoms with E-state index in [2.05, 4.69) is 8.92 Å². The van der Waals surface area contributed by atoms with E-state index >= 15 is 0 Å². The number of esters is 1. The molecule has 0 aromatic heterocycles. The molecule has 0 aliphatic heterocycles. The van der Waals surface area contributed by atoms with Gasteiger partial charge in [0.05, 0.1) is 6.61 Å². The maximum Gasteiger partial charge on any atom is 0.523 e. The van der Waals surface area contributed by atoms with Crippen molar-refractivity contribution in [1.82, 2.24) is 0 Å². The summed E-state index contributed by atoms with van der Waals surface area (Å²) in [5, 5.41) is 0. The maximum absolute atomic E-state index is 12.0. The Labute approximate surface area is 97.0 Å². The van der Waals surface area contributed by atoms with Crippen molar-refractivity contribution in [1.29, 1.82) is 0 Å². The number of rotatable bonds is 6. The third-order valence-corrected chi connectivity index (χ3v) is 2.68. The Hall–Kier alpha value is -0.830. The summed E-state index contributed by atoms with van der Waals surface area (Å²) in [6.07, 6.45) is -1.66. The van der Waals surface area contributed by atoms with Crippen LogP contribution in [0, 0.1) is 0 Å². The molecule has 0 saturated carbocycles. The highest BCUT2D eigenvalue weighted by Gasteiger charge is 2.49. The lowest BCUT2D eigenvalue weighted by molar-refractivity contribution is -0.152. The van der Waals surface area contributed by atoms with E-state index in [0.717, 1.165) is 0 Å². The largest absolute Gasteiger partial charge is 0.523 e. The van der Waals surface area contributed by atoms with Crippen LogP contribution in [0.15, 0.2) is 0 Å². The summed E-state index contributed by atoms with van der Waals surface area (Å²) in [5.74, 6) is -1.12. The fourth-order valence-corrected chi connectivity index (χ4v) is 1.50. The van der Waals surface area contributed by atoms with Crippen molar-refractivity contribution < 1.29 is 35.3 Å². The summed E-state index contributed by atoms with van der Waals surface area (Å²) in [6, 6.07) is 0. The Morgan fingerprint density at radius 3 is 2.18 bits per heavy atom. The molecule has 0 aliphatic rings. The van der Waals surface area contributed by atoms with Crippen molar-refractivity contribution >= 4 is 16.1 Å². The molecule has 9 heteroatoms. The highest BCUT2D eigenvalue weighted by Crippen LogP contribution is 2.26. The maximum atomic E-state index is 12.0. The Morgan fingerprint density at radius 2 is 1.82 bits per heavy atom. The second-order valence-corrected chi connectivity index (χ2v) is 4.59. The van der Waals surface area contributed by atoms with Crippen molar-refractivity contribution in [3.8, 4) is 0 Å². The van der Waals surface area contributed by atoms with Crippen molar-refractivity contribution in [2.75, 3.05) is 6.61 Å². The lowest BCUT2D eigenvalue weighted by Crippen LogP contribution is -2.35. The molecule has 0 bridgehead atoms. The summed E-state index contributed by atoms with van der Waals surface area (Å²) in [4.78, 5) is 11.2. The molecule has 0 saturated heterocycles. The smallest absolute Gasteiger partial charge is 0.464 e. The van der Waals surface area contributed by atoms with Gasteiger partial charge in [-0.3, -0.25) is 0 Å². The van der Waals surface area contributed by atoms with Crippen LogP contribution in [0.5, 0.6) is 0 Å². The third-order valence-electron chi connectivity index (χ3n) is 1.63. The Kier molecular flexibility index (Phi) is 5.89. The summed E-state index contributed by atoms with van der Waals surface area (Å²) >= 11 is 0. The zero-order valence-corrected chi connectivity index (χ0v) is 10.1. The van der Waals surface area contributed by atoms with Gasteiger partial charge in [0.15, 0.2) is 6.10 Å². The Morgan fingerprint density at radius 1 is 1.29 bits per heavy atom. The highest BCUT2D eigenvalue weighted by atomic mass is 32.2. The molecule has 0 aliphatic carbocycles. The second-order valence-electron chi connectivity index (χ2n) is 3.03. The van der Waals surface area contributed by atoms with Gasteiger partial charge in [0.1, 0.15) is 0 Å². The fraction of sp³-hybridized carbons (Fsp3) is 0.875. The van der Waals surface area contributed by atoms with Crippen molar-refractivity contribution in [3.63, 3.8) is 0 Å². The fourth-order valence-electron chi connectivity index (χ4n) is 0.910. The van der Waals surface area contributed by atoms with Gasteiger partial charge in [0.25, 0.3) is 0 Å². The molecule has 0 aromatic carbocycles. The zero-order valence-electron chi connectivity index (χ0n) is 9.28. The van der Waals surface area contributed by atoms with E-state index in [4.69, 9.17) is 0 Å². The van der Waals surface area contributed by atoms with Crippen molar-refractivity contribution in [2.45, 2.75) is 38.3 Å². The SMILES string of the molecule is CCCC(OS(=O)(=O)C(F)(F)F)C(=O)OCC. The summed E-state index contributed by atoms with van der Waals surface area (Å²) < 4.78 is 65.7. The minimum absolute atomic E-state index is 0.0749. The van der Waals surface area contributed by atoms with Gasteiger partial charge in [-0.1, -0.05) is 13.3 Å². The first kappa shape index (κ1) is 16.2. The molecule has 0 amide bonds. The van der Waals surface area contributed by atoms with Crippen LogP contribution in [-0.2, 0) is 23.8 Å². The van der Waals surface area contributed by atoms with E-state index in [-0.39, 0.29) is 19.4 Å². The molecule has 0 radical (unpaired) electrons. The molecular formula is C8H13F3O5S. The first-order valence-electron chi connectivity index (χ1n) is 4.81. The van der Waals surface area contributed by atoms with Crippen LogP contribution in [0.4, 0.5) is 13.2 Å². The molecule has 0 spiro atoms. The van der Waals surface area contributed by atoms with Crippen LogP contribution >= 0.6 is 0 Å². The molecule has 17 heavy (non-hydrogen) atoms. The predicted molar refractivity (Wildman–Crippen MR) is 51.4 cm³/mol. The minimum atomic E-state index is -5.78. The number of ether oxygens (including phenoxy) is 1. The van der Waals surface area contributed by atoms with Gasteiger partial charge in [-0.25, -0.2) is 8.98 Å². The molecule has 0 heterocycles. The van der Waals surface area contributed by atoms with Crippen molar-refractivity contribution in [2.24, 2.45) is 0 Å². The van der Waals surface area contributed by atoms with Crippen LogP contribution in [0.2, 0.25) is 0 Å². The van der Waals surface area contributed by atoms with Gasteiger partial charge in [0.2, 0.25) is 0 Å². The van der Waals surface area contributed by atoms with Gasteiger partial charge in [-0.15, -0.1) is 0 Å². The average Bonchev–Trinajstić information content (AvgIpc) is 2.15. The van der Waals surface area contributed by atoms with Gasteiger partial charge < -0.3 is 4.74 Å². The summed E-state index contributed by atoms with van der Waals surface area (Å²) in [7, 11) is -5.78. The zero-order chi connectivity index (χ0) is 13.7. The molecule has 0 rings (SSSR count). The van der Waals surface area contributed by atoms with Crippen molar-refractivity contribution in [3.05, 3.63) is 0 Å². The number of hydrogen-bond donors (Lipinski definition) is 0. The standard InChI is InChI=1S/C8H13F3O5S/c1-3-5-6(7(12)15-4-2)16-17(13,14)8(9,10)11/h6H,3-5H2,1-2H3. The normalized spacial score (nSPS) is 14.4. The molecule has 0 fully saturated rings. The van der Waals surface area contributed by atoms with E-state index in [0.29, 0.717) is 0 Å². The first-order valence-corrected chi connectivity index (χ1v) is 6.22. The molecule has 102 valence electrons. The minimum Gasteiger partial charge on any atom is -0.464 e. The summed E-state index contributed by atoms with van der Waals surface area (Å²) in [5.41, 5.74) is -5.55. The van der Waals surface area contributed by atoms with E-state index in [1.54, 1.807) is 6.92 Å². The van der Waals surface area contributed by atoms with Crippen LogP contribution < -0.4 is 0 Å². The molecule has 1 atom stereocenters. The Balaban J connectivity index is 4.83. The van der Waals surface area contributed by atoms with E-state index in [1.165, 1.54) is 6.92 Å². The predicted octanol–water partition coefficient (Wildman–Crippen LogP) is 1.58. The summed E-state index contributed by atoms with van der Waals surface area (Å²) in [6.45, 7) is 2.93. The van der Waals surface area contributed by atoms with Gasteiger partial charge in [-0.2, -0.15) is 21.6 Å². The molecular weight excluding hydrogens is 265 g/mol. The number of hydrogen-bond acceptors (Lipinski definition) is 5. The van der Waals surface area contributed by atoms with Crippen LogP contribution in [0.3, 0.4) is 0 Å². The number of carbonyl (C=O) groups excluding carboxylic acids is 1. The lowest BCUT2D eigenvalue weighted by atomic mass is 10.2. The topological polar surface area (TPSA) is 69.7 Å². The molecule has 0 N–H and O–H groups in total. The highest BCUT2D eigenvalue weighted by molar-refractivity contribution is 7.87. The number of halogens is 3. The monoisotopic (exact) mass is 278 g/mol. The number of carbonyl (C=O) groups is 1. The van der Waals surface area contributed by atoms with Crippen LogP contribution in [0.1, 0.15) is 26.7 Å². The van der Waals surface area contributed by atoms with Crippen LogP contribution in [0.25, 0.3) is 0 Å². The molecule has 1 unspecified atom stereocenters. The van der Waals surface area contributed by atoms with Gasteiger partial charge in [-0.05, 0) is 13.3 Å². The molecule has 0 aromatic rings. The quantitative estimate of drug-likeness (QED) is 0.419. The molecule has 5 nitrogen and oxygen atoms in total.